The highest BCUT2D eigenvalue weighted by molar-refractivity contribution is 5.90. The molecular formula is C20H22N4O4. The number of aryl methyl sites for hydroxylation is 2. The average Bonchev–Trinajstić information content (AvgIpc) is 3.26. The van der Waals surface area contributed by atoms with Crippen LogP contribution in [0.4, 0.5) is 5.69 Å². The van der Waals surface area contributed by atoms with Gasteiger partial charge in [-0.05, 0) is 32.4 Å². The number of hydrogen-bond acceptors (Lipinski definition) is 6. The molecule has 2 aromatic heterocycles. The number of amides is 1. The summed E-state index contributed by atoms with van der Waals surface area (Å²) in [6.07, 6.45) is 4.22. The standard InChI is InChI=1S/C20H22N4O4/c1-13-17(14(2)28-23-13)7-8-20(25)22-15-9-21-24(10-15)11-16-12-26-18-5-3-4-6-19(18)27-16/h3-6,9-10,16H,7-8,11-12H2,1-2H3,(H,22,25)/t16-/m1/s1. The number of carbonyl (C=O) groups is 1. The fourth-order valence-electron chi connectivity index (χ4n) is 3.21. The lowest BCUT2D eigenvalue weighted by Gasteiger charge is -2.26. The Morgan fingerprint density at radius 1 is 1.29 bits per heavy atom. The van der Waals surface area contributed by atoms with Gasteiger partial charge < -0.3 is 19.3 Å². The van der Waals surface area contributed by atoms with E-state index in [2.05, 4.69) is 15.6 Å². The van der Waals surface area contributed by atoms with Crippen LogP contribution in [0.3, 0.4) is 0 Å². The van der Waals surface area contributed by atoms with Crippen molar-refractivity contribution >= 4 is 11.6 Å². The Bertz CT molecular complexity index is 959. The molecule has 1 aliphatic rings. The normalized spacial score (nSPS) is 15.4. The molecule has 8 nitrogen and oxygen atoms in total. The quantitative estimate of drug-likeness (QED) is 0.705. The summed E-state index contributed by atoms with van der Waals surface area (Å²) in [5.41, 5.74) is 2.47. The number of nitrogens with zero attached hydrogens (tertiary/aromatic N) is 3. The van der Waals surface area contributed by atoms with E-state index in [-0.39, 0.29) is 12.0 Å². The van der Waals surface area contributed by atoms with Crippen molar-refractivity contribution in [3.05, 3.63) is 53.7 Å². The molecule has 1 aliphatic heterocycles. The van der Waals surface area contributed by atoms with Gasteiger partial charge in [0.2, 0.25) is 5.91 Å². The van der Waals surface area contributed by atoms with Crippen LogP contribution in [0.5, 0.6) is 11.5 Å². The van der Waals surface area contributed by atoms with Crippen LogP contribution in [-0.2, 0) is 17.8 Å². The van der Waals surface area contributed by atoms with Crippen molar-refractivity contribution in [3.8, 4) is 11.5 Å². The molecule has 4 rings (SSSR count). The third-order valence-corrected chi connectivity index (χ3v) is 4.66. The Labute approximate surface area is 162 Å². The van der Waals surface area contributed by atoms with Gasteiger partial charge in [-0.2, -0.15) is 5.10 Å². The molecule has 28 heavy (non-hydrogen) atoms. The monoisotopic (exact) mass is 382 g/mol. The van der Waals surface area contributed by atoms with Gasteiger partial charge in [0, 0.05) is 18.2 Å². The molecule has 0 saturated carbocycles. The molecule has 0 fully saturated rings. The first-order valence-corrected chi connectivity index (χ1v) is 9.21. The lowest BCUT2D eigenvalue weighted by atomic mass is 10.1. The zero-order valence-corrected chi connectivity index (χ0v) is 15.8. The highest BCUT2D eigenvalue weighted by Crippen LogP contribution is 2.31. The molecule has 1 atom stereocenters. The molecule has 0 bridgehead atoms. The van der Waals surface area contributed by atoms with E-state index in [1.165, 1.54) is 0 Å². The lowest BCUT2D eigenvalue weighted by molar-refractivity contribution is -0.116. The van der Waals surface area contributed by atoms with Gasteiger partial charge in [0.1, 0.15) is 12.4 Å². The van der Waals surface area contributed by atoms with Crippen LogP contribution in [0.15, 0.2) is 41.2 Å². The number of aromatic nitrogens is 3. The third-order valence-electron chi connectivity index (χ3n) is 4.66. The second kappa shape index (κ2) is 7.75. The summed E-state index contributed by atoms with van der Waals surface area (Å²) in [4.78, 5) is 12.2. The van der Waals surface area contributed by atoms with E-state index in [0.717, 1.165) is 28.5 Å². The van der Waals surface area contributed by atoms with Crippen LogP contribution >= 0.6 is 0 Å². The number of carbonyl (C=O) groups excluding carboxylic acids is 1. The smallest absolute Gasteiger partial charge is 0.224 e. The lowest BCUT2D eigenvalue weighted by Crippen LogP contribution is -2.33. The van der Waals surface area contributed by atoms with Crippen molar-refractivity contribution in [3.63, 3.8) is 0 Å². The highest BCUT2D eigenvalue weighted by atomic mass is 16.6. The van der Waals surface area contributed by atoms with E-state index in [1.54, 1.807) is 17.1 Å². The summed E-state index contributed by atoms with van der Waals surface area (Å²) in [7, 11) is 0. The van der Waals surface area contributed by atoms with Crippen LogP contribution in [0, 0.1) is 13.8 Å². The fourth-order valence-corrected chi connectivity index (χ4v) is 3.21. The molecule has 3 aromatic rings. The van der Waals surface area contributed by atoms with Gasteiger partial charge in [0.15, 0.2) is 17.6 Å². The van der Waals surface area contributed by atoms with Crippen LogP contribution < -0.4 is 14.8 Å². The summed E-state index contributed by atoms with van der Waals surface area (Å²) in [5.74, 6) is 2.17. The second-order valence-corrected chi connectivity index (χ2v) is 6.80. The minimum Gasteiger partial charge on any atom is -0.486 e. The van der Waals surface area contributed by atoms with Crippen molar-refractivity contribution in [2.45, 2.75) is 39.3 Å². The van der Waals surface area contributed by atoms with E-state index >= 15 is 0 Å². The Morgan fingerprint density at radius 2 is 2.11 bits per heavy atom. The van der Waals surface area contributed by atoms with E-state index < -0.39 is 0 Å². The summed E-state index contributed by atoms with van der Waals surface area (Å²) in [5, 5.41) is 11.1. The predicted octanol–water partition coefficient (Wildman–Crippen LogP) is 2.90. The number of fused-ring (bicyclic) bond motifs is 1. The zero-order valence-electron chi connectivity index (χ0n) is 15.8. The molecule has 0 unspecified atom stereocenters. The zero-order chi connectivity index (χ0) is 19.5. The average molecular weight is 382 g/mol. The van der Waals surface area contributed by atoms with E-state index in [9.17, 15) is 4.79 Å². The Kier molecular flexibility index (Phi) is 5.01. The van der Waals surface area contributed by atoms with E-state index in [1.807, 2.05) is 38.1 Å². The summed E-state index contributed by atoms with van der Waals surface area (Å²) < 4.78 is 18.5. The van der Waals surface area contributed by atoms with Gasteiger partial charge in [-0.3, -0.25) is 9.48 Å². The van der Waals surface area contributed by atoms with Crippen molar-refractivity contribution in [1.82, 2.24) is 14.9 Å². The molecule has 0 spiro atoms. The maximum absolute atomic E-state index is 12.2. The number of hydrogen-bond donors (Lipinski definition) is 1. The molecule has 3 heterocycles. The second-order valence-electron chi connectivity index (χ2n) is 6.80. The van der Waals surface area contributed by atoms with Crippen LogP contribution in [0.2, 0.25) is 0 Å². The Morgan fingerprint density at radius 3 is 2.89 bits per heavy atom. The van der Waals surface area contributed by atoms with E-state index in [0.29, 0.717) is 31.7 Å². The molecule has 1 N–H and O–H groups in total. The largest absolute Gasteiger partial charge is 0.486 e. The molecule has 0 radical (unpaired) electrons. The number of anilines is 1. The van der Waals surface area contributed by atoms with Gasteiger partial charge in [-0.15, -0.1) is 0 Å². The maximum Gasteiger partial charge on any atom is 0.224 e. The molecule has 0 aliphatic carbocycles. The van der Waals surface area contributed by atoms with Gasteiger partial charge in [0.25, 0.3) is 0 Å². The van der Waals surface area contributed by atoms with Crippen LogP contribution in [0.1, 0.15) is 23.4 Å². The van der Waals surface area contributed by atoms with Gasteiger partial charge in [-0.25, -0.2) is 0 Å². The number of para-hydroxylation sites is 2. The third kappa shape index (κ3) is 4.00. The SMILES string of the molecule is Cc1noc(C)c1CCC(=O)Nc1cnn(C[C@@H]2COc3ccccc3O2)c1. The first-order valence-electron chi connectivity index (χ1n) is 9.21. The topological polar surface area (TPSA) is 91.4 Å². The highest BCUT2D eigenvalue weighted by Gasteiger charge is 2.21. The molecule has 1 aromatic carbocycles. The van der Waals surface area contributed by atoms with Crippen molar-refractivity contribution < 1.29 is 18.8 Å². The molecule has 0 saturated heterocycles. The molecular weight excluding hydrogens is 360 g/mol. The van der Waals surface area contributed by atoms with Crippen molar-refractivity contribution in [2.24, 2.45) is 0 Å². The summed E-state index contributed by atoms with van der Waals surface area (Å²) >= 11 is 0. The minimum absolute atomic E-state index is 0.0780. The van der Waals surface area contributed by atoms with Crippen LogP contribution in [0.25, 0.3) is 0 Å². The fraction of sp³-hybridized carbons (Fsp3) is 0.350. The minimum atomic E-state index is -0.141. The number of rotatable bonds is 6. The number of nitrogens with one attached hydrogen (secondary N) is 1. The summed E-state index contributed by atoms with van der Waals surface area (Å²) in [6, 6.07) is 7.59. The van der Waals surface area contributed by atoms with Crippen LogP contribution in [-0.4, -0.2) is 33.6 Å². The predicted molar refractivity (Wildman–Crippen MR) is 102 cm³/mol. The molecule has 8 heteroatoms. The molecule has 146 valence electrons. The summed E-state index contributed by atoms with van der Waals surface area (Å²) in [6.45, 7) is 4.72. The van der Waals surface area contributed by atoms with E-state index in [4.69, 9.17) is 14.0 Å². The van der Waals surface area contributed by atoms with Crippen molar-refractivity contribution in [2.75, 3.05) is 11.9 Å². The molecule has 1 amide bonds. The Hall–Kier alpha value is -3.29. The Balaban J connectivity index is 1.29. The number of ether oxygens (including phenoxy) is 2. The maximum atomic E-state index is 12.2. The van der Waals surface area contributed by atoms with Gasteiger partial charge in [0.05, 0.1) is 24.1 Å². The van der Waals surface area contributed by atoms with Gasteiger partial charge in [-0.1, -0.05) is 17.3 Å². The van der Waals surface area contributed by atoms with Crippen molar-refractivity contribution in [1.29, 1.82) is 0 Å². The first-order chi connectivity index (χ1) is 13.6. The van der Waals surface area contributed by atoms with Gasteiger partial charge >= 0.3 is 0 Å². The first kappa shape index (κ1) is 18.1. The number of benzene rings is 1.